The first-order valence-electron chi connectivity index (χ1n) is 6.25. The van der Waals surface area contributed by atoms with Gasteiger partial charge in [-0.15, -0.1) is 0 Å². The average Bonchev–Trinajstić information content (AvgIpc) is 3.01. The molecule has 15 heavy (non-hydrogen) atoms. The largest absolute Gasteiger partial charge is 0.314 e. The highest BCUT2D eigenvalue weighted by atomic mass is 15.3. The fraction of sp³-hybridized carbons (Fsp3) is 1.00. The van der Waals surface area contributed by atoms with E-state index in [1.807, 2.05) is 0 Å². The van der Waals surface area contributed by atoms with Gasteiger partial charge in [0.2, 0.25) is 0 Å². The van der Waals surface area contributed by atoms with Crippen molar-refractivity contribution in [2.24, 2.45) is 0 Å². The molecule has 0 radical (unpaired) electrons. The fourth-order valence-electron chi connectivity index (χ4n) is 2.62. The summed E-state index contributed by atoms with van der Waals surface area (Å²) in [5, 5.41) is 3.42. The molecule has 0 spiro atoms. The summed E-state index contributed by atoms with van der Waals surface area (Å²) in [6.45, 7) is 10.7. The molecule has 0 aromatic heterocycles. The summed E-state index contributed by atoms with van der Waals surface area (Å²) < 4.78 is 0. The number of nitrogens with zero attached hydrogens (tertiary/aromatic N) is 2. The third kappa shape index (κ3) is 2.92. The van der Waals surface area contributed by atoms with Gasteiger partial charge in [-0.2, -0.15) is 0 Å². The van der Waals surface area contributed by atoms with Gasteiger partial charge in [0.05, 0.1) is 0 Å². The van der Waals surface area contributed by atoms with Crippen LogP contribution in [0.2, 0.25) is 0 Å². The van der Waals surface area contributed by atoms with Crippen LogP contribution in [-0.2, 0) is 0 Å². The van der Waals surface area contributed by atoms with Gasteiger partial charge in [0.15, 0.2) is 0 Å². The Kier molecular flexibility index (Phi) is 3.33. The summed E-state index contributed by atoms with van der Waals surface area (Å²) in [4.78, 5) is 5.17. The molecule has 1 aliphatic heterocycles. The molecule has 3 nitrogen and oxygen atoms in total. The van der Waals surface area contributed by atoms with Crippen LogP contribution in [-0.4, -0.2) is 61.2 Å². The van der Waals surface area contributed by atoms with Crippen molar-refractivity contribution in [2.75, 3.05) is 39.8 Å². The van der Waals surface area contributed by atoms with E-state index in [0.29, 0.717) is 5.54 Å². The van der Waals surface area contributed by atoms with Gasteiger partial charge in [0.1, 0.15) is 0 Å². The van der Waals surface area contributed by atoms with Gasteiger partial charge in [-0.25, -0.2) is 0 Å². The van der Waals surface area contributed by atoms with E-state index in [-0.39, 0.29) is 0 Å². The molecule has 88 valence electrons. The van der Waals surface area contributed by atoms with E-state index in [9.17, 15) is 0 Å². The second-order valence-corrected chi connectivity index (χ2v) is 5.70. The quantitative estimate of drug-likeness (QED) is 0.741. The van der Waals surface area contributed by atoms with Crippen LogP contribution in [0.3, 0.4) is 0 Å². The van der Waals surface area contributed by atoms with E-state index in [0.717, 1.165) is 19.1 Å². The Bertz CT molecular complexity index is 205. The second kappa shape index (κ2) is 4.40. The first-order valence-corrected chi connectivity index (χ1v) is 6.25. The lowest BCUT2D eigenvalue weighted by molar-refractivity contribution is 0.0692. The number of rotatable bonds is 4. The molecule has 1 saturated carbocycles. The molecule has 0 atom stereocenters. The van der Waals surface area contributed by atoms with Crippen molar-refractivity contribution in [1.29, 1.82) is 0 Å². The molecule has 3 heteroatoms. The van der Waals surface area contributed by atoms with Crippen molar-refractivity contribution in [3.63, 3.8) is 0 Å². The topological polar surface area (TPSA) is 18.5 Å². The van der Waals surface area contributed by atoms with E-state index < -0.39 is 0 Å². The predicted molar refractivity (Wildman–Crippen MR) is 64.2 cm³/mol. The summed E-state index contributed by atoms with van der Waals surface area (Å²) in [6, 6.07) is 0.882. The SMILES string of the molecule is CN(CC(C)(C)N1CCNCC1)C1CC1. The van der Waals surface area contributed by atoms with Crippen molar-refractivity contribution in [2.45, 2.75) is 38.3 Å². The molecule has 0 bridgehead atoms. The molecule has 2 fully saturated rings. The molecule has 0 aromatic carbocycles. The van der Waals surface area contributed by atoms with Crippen LogP contribution in [0, 0.1) is 0 Å². The number of likely N-dealkylation sites (N-methyl/N-ethyl adjacent to an activating group) is 1. The maximum atomic E-state index is 3.42. The van der Waals surface area contributed by atoms with E-state index in [4.69, 9.17) is 0 Å². The minimum Gasteiger partial charge on any atom is -0.314 e. The van der Waals surface area contributed by atoms with Gasteiger partial charge in [0.25, 0.3) is 0 Å². The molecule has 2 rings (SSSR count). The van der Waals surface area contributed by atoms with Crippen LogP contribution in [0.15, 0.2) is 0 Å². The molecular weight excluding hydrogens is 186 g/mol. The minimum absolute atomic E-state index is 0.333. The van der Waals surface area contributed by atoms with Gasteiger partial charge in [-0.3, -0.25) is 4.90 Å². The standard InChI is InChI=1S/C12H25N3/c1-12(2,10-14(3)11-4-5-11)15-8-6-13-7-9-15/h11,13H,4-10H2,1-3H3. The van der Waals surface area contributed by atoms with Crippen molar-refractivity contribution < 1.29 is 0 Å². The smallest absolute Gasteiger partial charge is 0.0281 e. The molecule has 0 amide bonds. The Morgan fingerprint density at radius 2 is 1.87 bits per heavy atom. The van der Waals surface area contributed by atoms with Crippen LogP contribution >= 0.6 is 0 Å². The Hall–Kier alpha value is -0.120. The maximum absolute atomic E-state index is 3.42. The summed E-state index contributed by atoms with van der Waals surface area (Å²) in [7, 11) is 2.28. The molecular formula is C12H25N3. The van der Waals surface area contributed by atoms with Gasteiger partial charge in [-0.05, 0) is 33.7 Å². The number of piperazine rings is 1. The molecule has 2 aliphatic rings. The first kappa shape index (κ1) is 11.4. The predicted octanol–water partition coefficient (Wildman–Crippen LogP) is 0.764. The number of nitrogens with one attached hydrogen (secondary N) is 1. The number of hydrogen-bond acceptors (Lipinski definition) is 3. The Labute approximate surface area is 93.8 Å². The third-order valence-electron chi connectivity index (χ3n) is 3.78. The van der Waals surface area contributed by atoms with Gasteiger partial charge >= 0.3 is 0 Å². The molecule has 1 N–H and O–H groups in total. The minimum atomic E-state index is 0.333. The van der Waals surface area contributed by atoms with E-state index in [2.05, 4.69) is 36.0 Å². The summed E-state index contributed by atoms with van der Waals surface area (Å²) in [5.41, 5.74) is 0.333. The molecule has 1 heterocycles. The number of hydrogen-bond donors (Lipinski definition) is 1. The van der Waals surface area contributed by atoms with Crippen molar-refractivity contribution >= 4 is 0 Å². The molecule has 0 unspecified atom stereocenters. The van der Waals surface area contributed by atoms with E-state index in [1.54, 1.807) is 0 Å². The van der Waals surface area contributed by atoms with Crippen LogP contribution < -0.4 is 5.32 Å². The monoisotopic (exact) mass is 211 g/mol. The molecule has 1 aliphatic carbocycles. The zero-order valence-electron chi connectivity index (χ0n) is 10.4. The lowest BCUT2D eigenvalue weighted by Crippen LogP contribution is -2.57. The zero-order valence-corrected chi connectivity index (χ0v) is 10.4. The van der Waals surface area contributed by atoms with Gasteiger partial charge in [0, 0.05) is 44.3 Å². The Morgan fingerprint density at radius 1 is 1.27 bits per heavy atom. The van der Waals surface area contributed by atoms with Crippen LogP contribution in [0.4, 0.5) is 0 Å². The molecule has 1 saturated heterocycles. The normalized spacial score (nSPS) is 24.8. The van der Waals surface area contributed by atoms with E-state index in [1.165, 1.54) is 32.5 Å². The second-order valence-electron chi connectivity index (χ2n) is 5.70. The Balaban J connectivity index is 1.85. The maximum Gasteiger partial charge on any atom is 0.0281 e. The van der Waals surface area contributed by atoms with Crippen LogP contribution in [0.1, 0.15) is 26.7 Å². The zero-order chi connectivity index (χ0) is 10.9. The Morgan fingerprint density at radius 3 is 2.40 bits per heavy atom. The lowest BCUT2D eigenvalue weighted by Gasteiger charge is -2.43. The summed E-state index contributed by atoms with van der Waals surface area (Å²) >= 11 is 0. The van der Waals surface area contributed by atoms with Crippen molar-refractivity contribution in [1.82, 2.24) is 15.1 Å². The van der Waals surface area contributed by atoms with Crippen molar-refractivity contribution in [3.8, 4) is 0 Å². The highest BCUT2D eigenvalue weighted by Crippen LogP contribution is 2.28. The lowest BCUT2D eigenvalue weighted by atomic mass is 10.0. The molecule has 0 aromatic rings. The van der Waals surface area contributed by atoms with Crippen molar-refractivity contribution in [3.05, 3.63) is 0 Å². The van der Waals surface area contributed by atoms with Gasteiger partial charge < -0.3 is 10.2 Å². The highest BCUT2D eigenvalue weighted by Gasteiger charge is 2.33. The average molecular weight is 211 g/mol. The summed E-state index contributed by atoms with van der Waals surface area (Å²) in [5.74, 6) is 0. The van der Waals surface area contributed by atoms with Crippen LogP contribution in [0.25, 0.3) is 0 Å². The highest BCUT2D eigenvalue weighted by molar-refractivity contribution is 4.91. The summed E-state index contributed by atoms with van der Waals surface area (Å²) in [6.07, 6.45) is 2.82. The van der Waals surface area contributed by atoms with Crippen LogP contribution in [0.5, 0.6) is 0 Å². The van der Waals surface area contributed by atoms with Gasteiger partial charge in [-0.1, -0.05) is 0 Å². The fourth-order valence-corrected chi connectivity index (χ4v) is 2.62. The van der Waals surface area contributed by atoms with E-state index >= 15 is 0 Å². The first-order chi connectivity index (χ1) is 7.09. The third-order valence-corrected chi connectivity index (χ3v) is 3.78.